The summed E-state index contributed by atoms with van der Waals surface area (Å²) in [5.41, 5.74) is 2.71. The zero-order valence-corrected chi connectivity index (χ0v) is 22.7. The van der Waals surface area contributed by atoms with E-state index in [4.69, 9.17) is 27.6 Å². The Bertz CT molecular complexity index is 1670. The van der Waals surface area contributed by atoms with Crippen LogP contribution in [0.1, 0.15) is 34.7 Å². The minimum absolute atomic E-state index is 0.00475. The molecule has 3 aromatic carbocycles. The van der Waals surface area contributed by atoms with Crippen molar-refractivity contribution in [3.05, 3.63) is 75.8 Å². The van der Waals surface area contributed by atoms with E-state index in [0.29, 0.717) is 38.6 Å². The molecule has 1 aliphatic carbocycles. The molecule has 196 valence electrons. The summed E-state index contributed by atoms with van der Waals surface area (Å²) in [6, 6.07) is 14.5. The molecule has 1 aromatic heterocycles. The van der Waals surface area contributed by atoms with Crippen LogP contribution in [0.3, 0.4) is 0 Å². The van der Waals surface area contributed by atoms with Gasteiger partial charge in [0, 0.05) is 39.6 Å². The predicted octanol–water partition coefficient (Wildman–Crippen LogP) is 4.42. The number of rotatable bonds is 7. The van der Waals surface area contributed by atoms with Crippen molar-refractivity contribution in [3.8, 4) is 11.3 Å². The zero-order chi connectivity index (χ0) is 27.4. The number of halogens is 2. The lowest BCUT2D eigenvalue weighted by atomic mass is 9.80. The highest BCUT2D eigenvalue weighted by Gasteiger charge is 2.34. The third kappa shape index (κ3) is 4.90. The van der Waals surface area contributed by atoms with Crippen molar-refractivity contribution in [2.24, 2.45) is 0 Å². The maximum atomic E-state index is 13.2. The molecular formula is C26H23BCl2N2O6S. The predicted molar refractivity (Wildman–Crippen MR) is 150 cm³/mol. The highest BCUT2D eigenvalue weighted by Crippen LogP contribution is 2.49. The molecule has 0 aliphatic heterocycles. The first-order chi connectivity index (χ1) is 18.0. The molecule has 0 radical (unpaired) electrons. The van der Waals surface area contributed by atoms with Crippen LogP contribution in [0, 0.1) is 0 Å². The third-order valence-electron chi connectivity index (χ3n) is 6.46. The molecule has 38 heavy (non-hydrogen) atoms. The van der Waals surface area contributed by atoms with Crippen LogP contribution in [0.15, 0.2) is 59.0 Å². The van der Waals surface area contributed by atoms with Gasteiger partial charge in [-0.05, 0) is 66.8 Å². The van der Waals surface area contributed by atoms with E-state index in [0.717, 1.165) is 29.0 Å². The molecule has 0 unspecified atom stereocenters. The van der Waals surface area contributed by atoms with Gasteiger partial charge in [-0.15, -0.1) is 0 Å². The van der Waals surface area contributed by atoms with Crippen LogP contribution >= 0.6 is 23.2 Å². The van der Waals surface area contributed by atoms with Crippen molar-refractivity contribution in [2.75, 3.05) is 17.6 Å². The molecule has 0 saturated heterocycles. The molecule has 1 heterocycles. The van der Waals surface area contributed by atoms with Gasteiger partial charge in [-0.25, -0.2) is 12.7 Å². The summed E-state index contributed by atoms with van der Waals surface area (Å²) in [6.07, 6.45) is 2.81. The second-order valence-corrected chi connectivity index (χ2v) is 11.9. The summed E-state index contributed by atoms with van der Waals surface area (Å²) < 4.78 is 33.7. The SMILES string of the molecule is CNC(=O)c1c(-c2ccc(Cl)cc2)oc2cc(N(c3ccc(B(O)O)c(Cl)c3)S(C)(=O)=O)c(C3CC3)cc12. The van der Waals surface area contributed by atoms with Gasteiger partial charge in [-0.1, -0.05) is 29.3 Å². The topological polar surface area (TPSA) is 120 Å². The summed E-state index contributed by atoms with van der Waals surface area (Å²) in [5.74, 6) is 0.0947. The summed E-state index contributed by atoms with van der Waals surface area (Å²) >= 11 is 12.3. The summed E-state index contributed by atoms with van der Waals surface area (Å²) in [4.78, 5) is 13.0. The molecule has 1 fully saturated rings. The highest BCUT2D eigenvalue weighted by molar-refractivity contribution is 7.92. The molecule has 1 saturated carbocycles. The van der Waals surface area contributed by atoms with Crippen molar-refractivity contribution < 1.29 is 27.7 Å². The van der Waals surface area contributed by atoms with Gasteiger partial charge >= 0.3 is 7.12 Å². The van der Waals surface area contributed by atoms with E-state index in [1.165, 1.54) is 25.2 Å². The molecular weight excluding hydrogens is 550 g/mol. The number of furan rings is 1. The molecule has 3 N–H and O–H groups in total. The van der Waals surface area contributed by atoms with Crippen LogP contribution in [-0.4, -0.2) is 44.8 Å². The van der Waals surface area contributed by atoms with Crippen molar-refractivity contribution in [1.29, 1.82) is 0 Å². The van der Waals surface area contributed by atoms with Gasteiger partial charge in [-0.2, -0.15) is 0 Å². The van der Waals surface area contributed by atoms with Crippen LogP contribution in [0.5, 0.6) is 0 Å². The molecule has 0 bridgehead atoms. The van der Waals surface area contributed by atoms with Gasteiger partial charge in [-0.3, -0.25) is 4.79 Å². The minimum Gasteiger partial charge on any atom is -0.455 e. The molecule has 4 aromatic rings. The van der Waals surface area contributed by atoms with Gasteiger partial charge in [0.25, 0.3) is 5.91 Å². The number of fused-ring (bicyclic) bond motifs is 1. The first-order valence-corrected chi connectivity index (χ1v) is 14.3. The number of carbonyl (C=O) groups is 1. The van der Waals surface area contributed by atoms with Crippen LogP contribution in [0.2, 0.25) is 10.0 Å². The first kappa shape index (κ1) is 26.6. The van der Waals surface area contributed by atoms with E-state index in [9.17, 15) is 23.3 Å². The van der Waals surface area contributed by atoms with Gasteiger partial charge in [0.1, 0.15) is 11.3 Å². The monoisotopic (exact) mass is 572 g/mol. The largest absolute Gasteiger partial charge is 0.489 e. The van der Waals surface area contributed by atoms with Crippen molar-refractivity contribution in [3.63, 3.8) is 0 Å². The van der Waals surface area contributed by atoms with Crippen molar-refractivity contribution in [1.82, 2.24) is 5.32 Å². The second-order valence-electron chi connectivity index (χ2n) is 9.18. The molecule has 0 spiro atoms. The Hall–Kier alpha value is -3.02. The minimum atomic E-state index is -3.88. The fraction of sp³-hybridized carbons (Fsp3) is 0.192. The Kier molecular flexibility index (Phi) is 6.96. The Balaban J connectivity index is 1.77. The van der Waals surface area contributed by atoms with Gasteiger partial charge < -0.3 is 19.8 Å². The van der Waals surface area contributed by atoms with Gasteiger partial charge in [0.05, 0.1) is 23.2 Å². The van der Waals surface area contributed by atoms with Crippen molar-refractivity contribution in [2.45, 2.75) is 18.8 Å². The number of amides is 1. The Morgan fingerprint density at radius 3 is 2.32 bits per heavy atom. The number of anilines is 2. The Morgan fingerprint density at radius 1 is 1.08 bits per heavy atom. The maximum Gasteiger partial charge on any atom is 0.489 e. The lowest BCUT2D eigenvalue weighted by Gasteiger charge is -2.26. The summed E-state index contributed by atoms with van der Waals surface area (Å²) in [7, 11) is -4.16. The molecule has 8 nitrogen and oxygen atoms in total. The van der Waals surface area contributed by atoms with E-state index in [-0.39, 0.29) is 28.0 Å². The third-order valence-corrected chi connectivity index (χ3v) is 8.11. The maximum absolute atomic E-state index is 13.2. The lowest BCUT2D eigenvalue weighted by Crippen LogP contribution is -2.32. The number of nitrogens with one attached hydrogen (secondary N) is 1. The number of carbonyl (C=O) groups excluding carboxylic acids is 1. The number of sulfonamides is 1. The van der Waals surface area contributed by atoms with E-state index >= 15 is 0 Å². The van der Waals surface area contributed by atoms with Crippen LogP contribution in [-0.2, 0) is 10.0 Å². The number of hydrogen-bond acceptors (Lipinski definition) is 6. The standard InChI is InChI=1S/C26H23BCl2N2O6S/c1-30-26(32)24-19-12-18(14-3-4-14)22(13-23(19)37-25(24)15-5-7-16(28)8-6-15)31(38(2,35)36)17-9-10-20(27(33)34)21(29)11-17/h5-14,33-34H,3-4H2,1-2H3,(H,30,32). The fourth-order valence-corrected chi connectivity index (χ4v) is 5.97. The average Bonchev–Trinajstić information content (AvgIpc) is 3.63. The number of hydrogen-bond donors (Lipinski definition) is 3. The highest BCUT2D eigenvalue weighted by atomic mass is 35.5. The van der Waals surface area contributed by atoms with E-state index < -0.39 is 17.1 Å². The molecule has 12 heteroatoms. The molecule has 1 aliphatic rings. The quantitative estimate of drug-likeness (QED) is 0.282. The summed E-state index contributed by atoms with van der Waals surface area (Å²) in [6.45, 7) is 0. The number of nitrogens with zero attached hydrogens (tertiary/aromatic N) is 1. The van der Waals surface area contributed by atoms with Crippen molar-refractivity contribution >= 4 is 74.1 Å². The first-order valence-electron chi connectivity index (χ1n) is 11.7. The summed E-state index contributed by atoms with van der Waals surface area (Å²) in [5, 5.41) is 22.9. The molecule has 1 amide bonds. The number of benzene rings is 3. The zero-order valence-electron chi connectivity index (χ0n) is 20.4. The van der Waals surface area contributed by atoms with E-state index in [2.05, 4.69) is 5.32 Å². The van der Waals surface area contributed by atoms with Crippen LogP contribution in [0.4, 0.5) is 11.4 Å². The lowest BCUT2D eigenvalue weighted by molar-refractivity contribution is 0.0964. The van der Waals surface area contributed by atoms with E-state index in [1.807, 2.05) is 6.07 Å². The smallest absolute Gasteiger partial charge is 0.455 e. The Labute approximate surface area is 230 Å². The Morgan fingerprint density at radius 2 is 1.76 bits per heavy atom. The second kappa shape index (κ2) is 9.94. The molecule has 0 atom stereocenters. The molecule has 5 rings (SSSR count). The normalized spacial score (nSPS) is 13.5. The fourth-order valence-electron chi connectivity index (χ4n) is 4.56. The van der Waals surface area contributed by atoms with E-state index in [1.54, 1.807) is 30.3 Å². The van der Waals surface area contributed by atoms with Crippen LogP contribution in [0.25, 0.3) is 22.3 Å². The average molecular weight is 573 g/mol. The van der Waals surface area contributed by atoms with Crippen LogP contribution < -0.4 is 15.1 Å². The van der Waals surface area contributed by atoms with Gasteiger partial charge in [0.2, 0.25) is 10.0 Å². The van der Waals surface area contributed by atoms with Gasteiger partial charge in [0.15, 0.2) is 0 Å².